The number of likely N-dealkylation sites (N-methyl/N-ethyl adjacent to an activating group) is 1. The summed E-state index contributed by atoms with van der Waals surface area (Å²) in [6, 6.07) is 0. The van der Waals surface area contributed by atoms with Crippen LogP contribution in [0, 0.1) is 0 Å². The number of hydrogen-bond donors (Lipinski definition) is 1. The van der Waals surface area contributed by atoms with Crippen LogP contribution in [0.25, 0.3) is 0 Å². The fourth-order valence-corrected chi connectivity index (χ4v) is 1.99. The summed E-state index contributed by atoms with van der Waals surface area (Å²) < 4.78 is 6.39. The van der Waals surface area contributed by atoms with Gasteiger partial charge in [-0.15, -0.1) is 0 Å². The van der Waals surface area contributed by atoms with Gasteiger partial charge in [-0.3, -0.25) is 0 Å². The summed E-state index contributed by atoms with van der Waals surface area (Å²) in [5.41, 5.74) is -0.00630. The fourth-order valence-electron chi connectivity index (χ4n) is 1.93. The molecule has 1 heterocycles. The van der Waals surface area contributed by atoms with Gasteiger partial charge in [0.05, 0.1) is 32.3 Å². The monoisotopic (exact) mass is 242 g/mol. The minimum Gasteiger partial charge on any atom is -1.00 e. The van der Waals surface area contributed by atoms with E-state index in [1.54, 1.807) is 0 Å². The van der Waals surface area contributed by atoms with Crippen LogP contribution in [0.2, 0.25) is 0 Å². The Labute approximate surface area is 97.9 Å². The summed E-state index contributed by atoms with van der Waals surface area (Å²) in [4.78, 5) is 2.83. The standard InChI is InChI=1S/C9H20ClN2O.ClH/c1-9(2,11-10)8-12(3)4-6-13-7-5-12;/h11H,4-8H2,1-3H3;1H/q+1;/p-1. The van der Waals surface area contributed by atoms with E-state index in [2.05, 4.69) is 25.7 Å². The van der Waals surface area contributed by atoms with Crippen molar-refractivity contribution in [2.75, 3.05) is 39.9 Å². The number of nitrogens with one attached hydrogen (secondary N) is 1. The lowest BCUT2D eigenvalue weighted by molar-refractivity contribution is -0.919. The first-order chi connectivity index (χ1) is 5.97. The normalized spacial score (nSPS) is 21.4. The van der Waals surface area contributed by atoms with Gasteiger partial charge in [0.25, 0.3) is 0 Å². The zero-order chi connectivity index (χ0) is 9.95. The van der Waals surface area contributed by atoms with Crippen LogP contribution in [0.1, 0.15) is 13.8 Å². The van der Waals surface area contributed by atoms with Gasteiger partial charge in [0, 0.05) is 0 Å². The predicted molar refractivity (Wildman–Crippen MR) is 54.7 cm³/mol. The molecule has 0 aromatic rings. The van der Waals surface area contributed by atoms with Gasteiger partial charge in [-0.2, -0.15) is 0 Å². The Morgan fingerprint density at radius 3 is 2.29 bits per heavy atom. The third-order valence-corrected chi connectivity index (χ3v) is 3.10. The van der Waals surface area contributed by atoms with Crippen molar-refractivity contribution in [2.24, 2.45) is 0 Å². The predicted octanol–water partition coefficient (Wildman–Crippen LogP) is -2.01. The summed E-state index contributed by atoms with van der Waals surface area (Å²) >= 11 is 5.68. The molecule has 0 bridgehead atoms. The third kappa shape index (κ3) is 4.32. The van der Waals surface area contributed by atoms with Crippen LogP contribution in [-0.2, 0) is 4.74 Å². The summed E-state index contributed by atoms with van der Waals surface area (Å²) in [7, 11) is 2.26. The lowest BCUT2D eigenvalue weighted by Gasteiger charge is -2.42. The maximum absolute atomic E-state index is 5.68. The second kappa shape index (κ2) is 5.52. The number of halogens is 2. The van der Waals surface area contributed by atoms with Crippen molar-refractivity contribution in [3.63, 3.8) is 0 Å². The van der Waals surface area contributed by atoms with Gasteiger partial charge in [-0.05, 0) is 25.6 Å². The molecule has 1 saturated heterocycles. The molecular weight excluding hydrogens is 223 g/mol. The SMILES string of the molecule is CC(C)(C[N+]1(C)CCOCC1)NCl.[Cl-]. The Balaban J connectivity index is 0.00000169. The van der Waals surface area contributed by atoms with Crippen molar-refractivity contribution in [1.82, 2.24) is 4.84 Å². The Morgan fingerprint density at radius 2 is 1.86 bits per heavy atom. The smallest absolute Gasteiger partial charge is 0.102 e. The molecule has 0 aromatic carbocycles. The minimum absolute atomic E-state index is 0. The molecule has 1 fully saturated rings. The van der Waals surface area contributed by atoms with Crippen molar-refractivity contribution in [3.8, 4) is 0 Å². The summed E-state index contributed by atoms with van der Waals surface area (Å²) in [5, 5.41) is 0. The zero-order valence-corrected chi connectivity index (χ0v) is 10.7. The van der Waals surface area contributed by atoms with E-state index in [1.807, 2.05) is 0 Å². The second-order valence-electron chi connectivity index (χ2n) is 4.82. The summed E-state index contributed by atoms with van der Waals surface area (Å²) in [6.45, 7) is 9.20. The molecular formula is C9H20Cl2N2O. The van der Waals surface area contributed by atoms with Gasteiger partial charge in [-0.1, -0.05) is 0 Å². The molecule has 3 nitrogen and oxygen atoms in total. The minimum atomic E-state index is -0.00630. The van der Waals surface area contributed by atoms with Crippen LogP contribution in [0.4, 0.5) is 0 Å². The van der Waals surface area contributed by atoms with Gasteiger partial charge >= 0.3 is 0 Å². The zero-order valence-electron chi connectivity index (χ0n) is 9.15. The highest BCUT2D eigenvalue weighted by atomic mass is 35.5. The van der Waals surface area contributed by atoms with Crippen LogP contribution in [0.15, 0.2) is 0 Å². The van der Waals surface area contributed by atoms with Crippen LogP contribution in [0.5, 0.6) is 0 Å². The van der Waals surface area contributed by atoms with Crippen molar-refractivity contribution in [3.05, 3.63) is 0 Å². The van der Waals surface area contributed by atoms with Crippen LogP contribution >= 0.6 is 11.8 Å². The van der Waals surface area contributed by atoms with Gasteiger partial charge < -0.3 is 21.6 Å². The van der Waals surface area contributed by atoms with Crippen molar-refractivity contribution < 1.29 is 21.6 Å². The van der Waals surface area contributed by atoms with E-state index in [4.69, 9.17) is 16.5 Å². The molecule has 0 saturated carbocycles. The average molecular weight is 243 g/mol. The first-order valence-electron chi connectivity index (χ1n) is 4.77. The van der Waals surface area contributed by atoms with E-state index in [0.29, 0.717) is 0 Å². The first-order valence-corrected chi connectivity index (χ1v) is 5.14. The Hall–Kier alpha value is 0.460. The molecule has 0 aliphatic carbocycles. The molecule has 0 spiro atoms. The molecule has 0 amide bonds. The number of nitrogens with zero attached hydrogens (tertiary/aromatic N) is 1. The van der Waals surface area contributed by atoms with Crippen molar-refractivity contribution in [1.29, 1.82) is 0 Å². The van der Waals surface area contributed by atoms with E-state index in [0.717, 1.165) is 37.3 Å². The van der Waals surface area contributed by atoms with Gasteiger partial charge in [0.15, 0.2) is 0 Å². The van der Waals surface area contributed by atoms with Gasteiger partial charge in [0.2, 0.25) is 0 Å². The van der Waals surface area contributed by atoms with Crippen molar-refractivity contribution in [2.45, 2.75) is 19.4 Å². The van der Waals surface area contributed by atoms with E-state index < -0.39 is 0 Å². The van der Waals surface area contributed by atoms with Crippen LogP contribution in [-0.4, -0.2) is 49.9 Å². The quantitative estimate of drug-likeness (QED) is 0.457. The first kappa shape index (κ1) is 14.5. The summed E-state index contributed by atoms with van der Waals surface area (Å²) in [6.07, 6.45) is 0. The third-order valence-electron chi connectivity index (χ3n) is 2.58. The van der Waals surface area contributed by atoms with E-state index in [9.17, 15) is 0 Å². The molecule has 14 heavy (non-hydrogen) atoms. The molecule has 5 heteroatoms. The average Bonchev–Trinajstić information content (AvgIpc) is 2.04. The number of rotatable bonds is 3. The van der Waals surface area contributed by atoms with Crippen LogP contribution in [0.3, 0.4) is 0 Å². The van der Waals surface area contributed by atoms with E-state index in [-0.39, 0.29) is 17.9 Å². The maximum Gasteiger partial charge on any atom is 0.102 e. The lowest BCUT2D eigenvalue weighted by Crippen LogP contribution is -3.00. The highest BCUT2D eigenvalue weighted by Gasteiger charge is 2.32. The maximum atomic E-state index is 5.68. The molecule has 0 aromatic heterocycles. The molecule has 1 N–H and O–H groups in total. The molecule has 1 aliphatic heterocycles. The fraction of sp³-hybridized carbons (Fsp3) is 1.00. The van der Waals surface area contributed by atoms with E-state index >= 15 is 0 Å². The lowest BCUT2D eigenvalue weighted by atomic mass is 10.1. The number of hydrogen-bond acceptors (Lipinski definition) is 2. The molecule has 0 radical (unpaired) electrons. The van der Waals surface area contributed by atoms with Gasteiger partial charge in [0.1, 0.15) is 13.1 Å². The Kier molecular flexibility index (Phi) is 5.70. The number of ether oxygens (including phenoxy) is 1. The molecule has 1 rings (SSSR count). The van der Waals surface area contributed by atoms with Crippen molar-refractivity contribution >= 4 is 11.8 Å². The summed E-state index contributed by atoms with van der Waals surface area (Å²) in [5.74, 6) is 0. The topological polar surface area (TPSA) is 21.3 Å². The second-order valence-corrected chi connectivity index (χ2v) is 5.00. The molecule has 0 atom stereocenters. The highest BCUT2D eigenvalue weighted by Crippen LogP contribution is 2.15. The molecule has 0 unspecified atom stereocenters. The van der Waals surface area contributed by atoms with E-state index in [1.165, 1.54) is 0 Å². The van der Waals surface area contributed by atoms with Gasteiger partial charge in [-0.25, -0.2) is 4.84 Å². The number of quaternary nitrogens is 1. The molecule has 1 aliphatic rings. The van der Waals surface area contributed by atoms with Crippen LogP contribution < -0.4 is 17.2 Å². The number of morpholine rings is 1. The Bertz CT molecular complexity index is 170. The highest BCUT2D eigenvalue weighted by molar-refractivity contribution is 6.13. The Morgan fingerprint density at radius 1 is 1.36 bits per heavy atom. The molecule has 86 valence electrons. The largest absolute Gasteiger partial charge is 1.00 e.